The Labute approximate surface area is 174 Å². The Morgan fingerprint density at radius 1 is 1.32 bits per heavy atom. The number of amides is 1. The highest BCUT2D eigenvalue weighted by atomic mass is 35.5. The number of aliphatic imine (C=N–C) groups is 1. The van der Waals surface area contributed by atoms with E-state index in [1.54, 1.807) is 25.0 Å². The van der Waals surface area contributed by atoms with Gasteiger partial charge in [0, 0.05) is 43.2 Å². The minimum atomic E-state index is 0.114. The molecule has 5 nitrogen and oxygen atoms in total. The summed E-state index contributed by atoms with van der Waals surface area (Å²) in [4.78, 5) is 20.9. The van der Waals surface area contributed by atoms with E-state index in [2.05, 4.69) is 46.5 Å². The number of benzene rings is 1. The zero-order chi connectivity index (χ0) is 19.8. The molecule has 146 valence electrons. The molecule has 0 saturated heterocycles. The van der Waals surface area contributed by atoms with E-state index in [4.69, 9.17) is 11.6 Å². The van der Waals surface area contributed by atoms with Crippen LogP contribution in [-0.4, -0.2) is 27.5 Å². The number of allylic oxidation sites excluding steroid dienone is 1. The second-order valence-electron chi connectivity index (χ2n) is 7.44. The van der Waals surface area contributed by atoms with Gasteiger partial charge in [-0.2, -0.15) is 0 Å². The van der Waals surface area contributed by atoms with Crippen molar-refractivity contribution in [2.24, 2.45) is 23.9 Å². The van der Waals surface area contributed by atoms with Crippen LogP contribution in [0.5, 0.6) is 0 Å². The molecule has 1 aromatic heterocycles. The van der Waals surface area contributed by atoms with Gasteiger partial charge in [0.05, 0.1) is 11.4 Å². The number of hydrogen-bond donors (Lipinski definition) is 1. The van der Waals surface area contributed by atoms with Crippen molar-refractivity contribution in [3.8, 4) is 11.3 Å². The van der Waals surface area contributed by atoms with Crippen molar-refractivity contribution in [2.75, 3.05) is 7.05 Å². The van der Waals surface area contributed by atoms with E-state index >= 15 is 0 Å². The van der Waals surface area contributed by atoms with Crippen LogP contribution in [-0.2, 0) is 11.8 Å². The predicted molar refractivity (Wildman–Crippen MR) is 115 cm³/mol. The van der Waals surface area contributed by atoms with Crippen molar-refractivity contribution >= 4 is 34.3 Å². The van der Waals surface area contributed by atoms with Gasteiger partial charge in [0.2, 0.25) is 5.91 Å². The summed E-state index contributed by atoms with van der Waals surface area (Å²) in [6.07, 6.45) is 5.36. The summed E-state index contributed by atoms with van der Waals surface area (Å²) < 4.78 is 2.03. The maximum Gasteiger partial charge on any atom is 0.223 e. The van der Waals surface area contributed by atoms with Gasteiger partial charge in [0.25, 0.3) is 0 Å². The second-order valence-corrected chi connectivity index (χ2v) is 8.94. The Balaban J connectivity index is 1.54. The molecular formula is C21H23ClN4OS. The Hall–Kier alpha value is -2.05. The van der Waals surface area contributed by atoms with Gasteiger partial charge >= 0.3 is 0 Å². The molecule has 1 fully saturated rings. The first-order valence-corrected chi connectivity index (χ1v) is 10.6. The lowest BCUT2D eigenvalue weighted by atomic mass is 10.1. The van der Waals surface area contributed by atoms with Crippen molar-refractivity contribution in [2.45, 2.75) is 30.7 Å². The average molecular weight is 415 g/mol. The third-order valence-electron chi connectivity index (χ3n) is 5.37. The van der Waals surface area contributed by atoms with E-state index < -0.39 is 0 Å². The second kappa shape index (κ2) is 7.76. The molecule has 0 spiro atoms. The van der Waals surface area contributed by atoms with Gasteiger partial charge in [-0.1, -0.05) is 54.6 Å². The topological polar surface area (TPSA) is 59.3 Å². The van der Waals surface area contributed by atoms with Gasteiger partial charge in [-0.25, -0.2) is 4.98 Å². The number of carbonyl (C=O) groups is 1. The minimum absolute atomic E-state index is 0.114. The smallest absolute Gasteiger partial charge is 0.223 e. The molecule has 2 heterocycles. The van der Waals surface area contributed by atoms with Crippen molar-refractivity contribution in [3.05, 3.63) is 47.4 Å². The van der Waals surface area contributed by atoms with E-state index in [1.807, 2.05) is 17.9 Å². The molecule has 2 aliphatic rings. The number of carbonyl (C=O) groups excluding carboxylic acids is 1. The maximum absolute atomic E-state index is 11.8. The number of halogens is 1. The number of rotatable bonds is 4. The SMILES string of the molecule is CNC(=O)C1CC1c1ccc(-c2ncn(C)c2SC2=NC=C(Cl)C(C)C2)cc1. The fraction of sp³-hybridized carbons (Fsp3) is 0.381. The van der Waals surface area contributed by atoms with E-state index in [0.717, 1.165) is 39.2 Å². The molecule has 3 atom stereocenters. The van der Waals surface area contributed by atoms with Crippen LogP contribution in [0, 0.1) is 11.8 Å². The molecule has 1 aliphatic heterocycles. The molecule has 4 rings (SSSR count). The van der Waals surface area contributed by atoms with E-state index in [9.17, 15) is 4.79 Å². The zero-order valence-corrected chi connectivity index (χ0v) is 17.7. The van der Waals surface area contributed by atoms with Gasteiger partial charge in [0.1, 0.15) is 10.7 Å². The Morgan fingerprint density at radius 3 is 2.75 bits per heavy atom. The standard InChI is InChI=1S/C21H23ClN4OS/c1-12-8-18(24-10-17(12)22)28-21-19(25-11-26(21)3)14-6-4-13(5-7-14)15-9-16(15)20(27)23-2/h4-7,10-12,15-16H,8-9H2,1-3H3,(H,23,27). The highest BCUT2D eigenvalue weighted by Crippen LogP contribution is 2.48. The van der Waals surface area contributed by atoms with Crippen LogP contribution in [0.15, 0.2) is 51.8 Å². The highest BCUT2D eigenvalue weighted by molar-refractivity contribution is 8.14. The largest absolute Gasteiger partial charge is 0.359 e. The number of nitrogens with zero attached hydrogens (tertiary/aromatic N) is 3. The van der Waals surface area contributed by atoms with Crippen molar-refractivity contribution in [1.82, 2.24) is 14.9 Å². The Bertz CT molecular complexity index is 963. The fourth-order valence-corrected chi connectivity index (χ4v) is 4.76. The molecule has 1 saturated carbocycles. The van der Waals surface area contributed by atoms with Gasteiger partial charge in [0.15, 0.2) is 0 Å². The average Bonchev–Trinajstić information content (AvgIpc) is 3.43. The summed E-state index contributed by atoms with van der Waals surface area (Å²) in [5.74, 6) is 0.878. The summed E-state index contributed by atoms with van der Waals surface area (Å²) in [6.45, 7) is 2.11. The van der Waals surface area contributed by atoms with E-state index in [-0.39, 0.29) is 11.8 Å². The lowest BCUT2D eigenvalue weighted by Crippen LogP contribution is -2.20. The van der Waals surface area contributed by atoms with Crippen LogP contribution in [0.4, 0.5) is 0 Å². The monoisotopic (exact) mass is 414 g/mol. The van der Waals surface area contributed by atoms with Crippen molar-refractivity contribution < 1.29 is 4.79 Å². The third kappa shape index (κ3) is 3.76. The lowest BCUT2D eigenvalue weighted by Gasteiger charge is -2.16. The Morgan fingerprint density at radius 2 is 2.07 bits per heavy atom. The number of aryl methyl sites for hydroxylation is 1. The normalized spacial score (nSPS) is 23.8. The molecule has 0 bridgehead atoms. The number of thioether (sulfide) groups is 1. The van der Waals surface area contributed by atoms with Crippen LogP contribution >= 0.6 is 23.4 Å². The quantitative estimate of drug-likeness (QED) is 0.798. The van der Waals surface area contributed by atoms with E-state index in [1.165, 1.54) is 5.56 Å². The number of nitrogens with one attached hydrogen (secondary N) is 1. The molecule has 2 aromatic rings. The summed E-state index contributed by atoms with van der Waals surface area (Å²) >= 11 is 7.81. The maximum atomic E-state index is 11.8. The summed E-state index contributed by atoms with van der Waals surface area (Å²) in [6, 6.07) is 8.44. The first-order valence-electron chi connectivity index (χ1n) is 9.41. The highest BCUT2D eigenvalue weighted by Gasteiger charge is 2.43. The van der Waals surface area contributed by atoms with Gasteiger partial charge in [-0.05, 0) is 23.8 Å². The molecule has 3 unspecified atom stereocenters. The van der Waals surface area contributed by atoms with Crippen molar-refractivity contribution in [3.63, 3.8) is 0 Å². The molecule has 7 heteroatoms. The summed E-state index contributed by atoms with van der Waals surface area (Å²) in [7, 11) is 3.70. The summed E-state index contributed by atoms with van der Waals surface area (Å²) in [5.41, 5.74) is 3.24. The molecule has 1 N–H and O–H groups in total. The molecule has 28 heavy (non-hydrogen) atoms. The molecular weight excluding hydrogens is 392 g/mol. The van der Waals surface area contributed by atoms with Gasteiger partial charge in [-0.3, -0.25) is 9.79 Å². The van der Waals surface area contributed by atoms with Crippen molar-refractivity contribution in [1.29, 1.82) is 0 Å². The lowest BCUT2D eigenvalue weighted by molar-refractivity contribution is -0.121. The van der Waals surface area contributed by atoms with Crippen LogP contribution < -0.4 is 5.32 Å². The molecule has 1 amide bonds. The van der Waals surface area contributed by atoms with Gasteiger partial charge in [-0.15, -0.1) is 0 Å². The Kier molecular flexibility index (Phi) is 5.34. The fourth-order valence-electron chi connectivity index (χ4n) is 3.52. The van der Waals surface area contributed by atoms with Crippen LogP contribution in [0.2, 0.25) is 0 Å². The van der Waals surface area contributed by atoms with Gasteiger partial charge < -0.3 is 9.88 Å². The van der Waals surface area contributed by atoms with Crippen LogP contribution in [0.3, 0.4) is 0 Å². The summed E-state index contributed by atoms with van der Waals surface area (Å²) in [5, 5.41) is 5.66. The van der Waals surface area contributed by atoms with Crippen LogP contribution in [0.1, 0.15) is 31.2 Å². The minimum Gasteiger partial charge on any atom is -0.359 e. The third-order valence-corrected chi connectivity index (χ3v) is 7.02. The zero-order valence-electron chi connectivity index (χ0n) is 16.1. The first-order chi connectivity index (χ1) is 13.5. The molecule has 0 radical (unpaired) electrons. The van der Waals surface area contributed by atoms with Crippen LogP contribution in [0.25, 0.3) is 11.3 Å². The molecule has 1 aromatic carbocycles. The van der Waals surface area contributed by atoms with E-state index in [0.29, 0.717) is 11.8 Å². The number of hydrogen-bond acceptors (Lipinski definition) is 4. The predicted octanol–water partition coefficient (Wildman–Crippen LogP) is 4.55. The molecule has 1 aliphatic carbocycles. The number of aromatic nitrogens is 2. The number of imidazole rings is 1. The first kappa shape index (κ1) is 19.3.